The molecule has 11 heteroatoms. The summed E-state index contributed by atoms with van der Waals surface area (Å²) in [5, 5.41) is 16.7. The van der Waals surface area contributed by atoms with E-state index in [0.717, 1.165) is 30.5 Å². The lowest BCUT2D eigenvalue weighted by molar-refractivity contribution is -0.137. The summed E-state index contributed by atoms with van der Waals surface area (Å²) in [6.45, 7) is 1.41. The largest absolute Gasteiger partial charge is 0.416 e. The number of hydrogen-bond donors (Lipinski definition) is 3. The maximum absolute atomic E-state index is 13.4. The predicted octanol–water partition coefficient (Wildman–Crippen LogP) is 6.45. The topological polar surface area (TPSA) is 104 Å². The van der Waals surface area contributed by atoms with Crippen LogP contribution in [0.25, 0.3) is 28.1 Å². The third-order valence-electron chi connectivity index (χ3n) is 7.48. The molecule has 3 aliphatic rings. The van der Waals surface area contributed by atoms with Crippen LogP contribution in [-0.2, 0) is 11.0 Å². The van der Waals surface area contributed by atoms with Crippen molar-refractivity contribution >= 4 is 34.1 Å². The molecule has 1 fully saturated rings. The Kier molecular flexibility index (Phi) is 7.57. The molecule has 220 valence electrons. The first-order valence-electron chi connectivity index (χ1n) is 14.0. The van der Waals surface area contributed by atoms with E-state index in [1.165, 1.54) is 19.1 Å². The highest BCUT2D eigenvalue weighted by Gasteiger charge is 2.30. The molecular formula is C32H29F3N6O2. The van der Waals surface area contributed by atoms with Gasteiger partial charge < -0.3 is 20.3 Å². The molecule has 8 nitrogen and oxygen atoms in total. The van der Waals surface area contributed by atoms with Crippen LogP contribution in [0.5, 0.6) is 0 Å². The lowest BCUT2D eigenvalue weighted by Crippen LogP contribution is -2.24. The summed E-state index contributed by atoms with van der Waals surface area (Å²) in [5.74, 6) is 0.203. The summed E-state index contributed by atoms with van der Waals surface area (Å²) >= 11 is 0. The average molecular weight is 587 g/mol. The van der Waals surface area contributed by atoms with Crippen molar-refractivity contribution in [3.8, 4) is 17.1 Å². The highest BCUT2D eigenvalue weighted by atomic mass is 19.4. The Bertz CT molecular complexity index is 1810. The number of rotatable bonds is 5. The van der Waals surface area contributed by atoms with Gasteiger partial charge in [0.15, 0.2) is 0 Å². The monoisotopic (exact) mass is 586 g/mol. The molecule has 1 aliphatic heterocycles. The lowest BCUT2D eigenvalue weighted by atomic mass is 9.93. The van der Waals surface area contributed by atoms with E-state index in [9.17, 15) is 23.1 Å². The highest BCUT2D eigenvalue weighted by molar-refractivity contribution is 5.88. The van der Waals surface area contributed by atoms with Crippen LogP contribution in [0.4, 0.5) is 30.4 Å². The Morgan fingerprint density at radius 1 is 1.00 bits per heavy atom. The van der Waals surface area contributed by atoms with Gasteiger partial charge in [-0.05, 0) is 86.3 Å². The molecule has 6 rings (SSSR count). The fourth-order valence-corrected chi connectivity index (χ4v) is 5.39. The van der Waals surface area contributed by atoms with Crippen LogP contribution in [0.3, 0.4) is 0 Å². The number of alkyl halides is 3. The van der Waals surface area contributed by atoms with Crippen molar-refractivity contribution < 1.29 is 23.1 Å². The number of anilines is 3. The molecule has 3 N–H and O–H groups in total. The molecule has 2 aromatic carbocycles. The van der Waals surface area contributed by atoms with Gasteiger partial charge in [-0.25, -0.2) is 9.97 Å². The number of pyridine rings is 1. The van der Waals surface area contributed by atoms with Crippen molar-refractivity contribution in [2.45, 2.75) is 50.9 Å². The van der Waals surface area contributed by atoms with E-state index in [1.54, 1.807) is 18.3 Å². The summed E-state index contributed by atoms with van der Waals surface area (Å²) in [5.41, 5.74) is 3.88. The van der Waals surface area contributed by atoms with Gasteiger partial charge in [-0.3, -0.25) is 9.79 Å². The number of nitrogens with one attached hydrogen (secondary N) is 2. The standard InChI is InChI=1S/C32H29F3N6O2/c1-19(42)37-31-15-10-22(18-36-31)39-26-16-28-30(17-27(26)38-21-8-13-24(43)14-9-21)41(29-5-3-2-4-25(29)40-28)23-11-6-20(7-12-23)32(33,34)35/h2-7,10-12,15-18,21,24,39,43H,8-9,13-14H2,1H3,(H,36,37,42). The zero-order valence-corrected chi connectivity index (χ0v) is 23.3. The molecule has 0 unspecified atom stereocenters. The lowest BCUT2D eigenvalue weighted by Gasteiger charge is -2.23. The number of hydrogen-bond acceptors (Lipinski definition) is 6. The second kappa shape index (κ2) is 11.5. The fourth-order valence-electron chi connectivity index (χ4n) is 5.39. The second-order valence-corrected chi connectivity index (χ2v) is 10.7. The molecule has 0 radical (unpaired) electrons. The highest BCUT2D eigenvalue weighted by Crippen LogP contribution is 2.33. The third-order valence-corrected chi connectivity index (χ3v) is 7.48. The van der Waals surface area contributed by atoms with Gasteiger partial charge in [0.05, 0.1) is 63.1 Å². The minimum atomic E-state index is -4.44. The SMILES string of the molecule is CC(=O)Nc1ccc(Nc2cc3nc4ccccc4n(-c4ccc(C(F)(F)F)cc4)c-3cc2=NC2CCC(O)CC2)cn1. The number of benzene rings is 3. The zero-order chi connectivity index (χ0) is 30.1. The number of aliphatic hydroxyl groups excluding tert-OH is 1. The number of amides is 1. The van der Waals surface area contributed by atoms with E-state index < -0.39 is 11.7 Å². The van der Waals surface area contributed by atoms with Gasteiger partial charge in [0.1, 0.15) is 5.82 Å². The number of fused-ring (bicyclic) bond motifs is 2. The summed E-state index contributed by atoms with van der Waals surface area (Å²) < 4.78 is 42.0. The van der Waals surface area contributed by atoms with E-state index in [-0.39, 0.29) is 18.1 Å². The molecule has 0 atom stereocenters. The van der Waals surface area contributed by atoms with Crippen LogP contribution in [0, 0.1) is 0 Å². The molecule has 1 aromatic heterocycles. The second-order valence-electron chi connectivity index (χ2n) is 10.7. The predicted molar refractivity (Wildman–Crippen MR) is 158 cm³/mol. The van der Waals surface area contributed by atoms with Gasteiger partial charge in [-0.2, -0.15) is 13.2 Å². The van der Waals surface area contributed by atoms with E-state index in [1.807, 2.05) is 41.0 Å². The van der Waals surface area contributed by atoms with Crippen LogP contribution in [0.15, 0.2) is 84.0 Å². The van der Waals surface area contributed by atoms with Crippen molar-refractivity contribution in [1.29, 1.82) is 0 Å². The van der Waals surface area contributed by atoms with Gasteiger partial charge >= 0.3 is 6.18 Å². The Hall–Kier alpha value is -4.77. The van der Waals surface area contributed by atoms with E-state index in [2.05, 4.69) is 15.6 Å². The first-order chi connectivity index (χ1) is 20.6. The summed E-state index contributed by atoms with van der Waals surface area (Å²) in [6.07, 6.45) is -0.367. The molecule has 43 heavy (non-hydrogen) atoms. The molecular weight excluding hydrogens is 557 g/mol. The van der Waals surface area contributed by atoms with Crippen molar-refractivity contribution in [3.05, 3.63) is 89.9 Å². The van der Waals surface area contributed by atoms with Crippen LogP contribution < -0.4 is 16.0 Å². The van der Waals surface area contributed by atoms with Crippen molar-refractivity contribution in [2.24, 2.45) is 4.99 Å². The van der Waals surface area contributed by atoms with Crippen molar-refractivity contribution in [2.75, 3.05) is 10.6 Å². The van der Waals surface area contributed by atoms with Gasteiger partial charge in [0.2, 0.25) is 5.91 Å². The number of para-hydroxylation sites is 2. The average Bonchev–Trinajstić information content (AvgIpc) is 2.98. The number of aromatic nitrogens is 3. The molecule has 0 bridgehead atoms. The number of aliphatic hydroxyl groups is 1. The molecule has 1 amide bonds. The van der Waals surface area contributed by atoms with Crippen LogP contribution in [0.2, 0.25) is 0 Å². The number of nitrogens with zero attached hydrogens (tertiary/aromatic N) is 4. The summed E-state index contributed by atoms with van der Waals surface area (Å²) in [4.78, 5) is 25.7. The Morgan fingerprint density at radius 3 is 2.42 bits per heavy atom. The van der Waals surface area contributed by atoms with Crippen LogP contribution in [0.1, 0.15) is 38.2 Å². The van der Waals surface area contributed by atoms with Crippen LogP contribution in [-0.4, -0.2) is 37.7 Å². The van der Waals surface area contributed by atoms with Crippen molar-refractivity contribution in [1.82, 2.24) is 14.5 Å². The molecule has 2 heterocycles. The van der Waals surface area contributed by atoms with Gasteiger partial charge in [0.25, 0.3) is 0 Å². The van der Waals surface area contributed by atoms with Gasteiger partial charge in [0, 0.05) is 12.6 Å². The number of carbonyl (C=O) groups excluding carboxylic acids is 1. The molecule has 2 aliphatic carbocycles. The van der Waals surface area contributed by atoms with Gasteiger partial charge in [-0.15, -0.1) is 0 Å². The normalized spacial score (nSPS) is 17.7. The Labute approximate surface area is 245 Å². The number of halogens is 3. The molecule has 1 saturated carbocycles. The molecule has 0 saturated heterocycles. The van der Waals surface area contributed by atoms with Gasteiger partial charge in [-0.1, -0.05) is 12.1 Å². The minimum Gasteiger partial charge on any atom is -0.393 e. The summed E-state index contributed by atoms with van der Waals surface area (Å²) in [6, 6.07) is 19.8. The summed E-state index contributed by atoms with van der Waals surface area (Å²) in [7, 11) is 0. The zero-order valence-electron chi connectivity index (χ0n) is 23.3. The third kappa shape index (κ3) is 6.21. The Morgan fingerprint density at radius 2 is 1.74 bits per heavy atom. The van der Waals surface area contributed by atoms with E-state index in [4.69, 9.17) is 9.98 Å². The van der Waals surface area contributed by atoms with E-state index in [0.29, 0.717) is 58.0 Å². The fraction of sp³-hybridized carbons (Fsp3) is 0.250. The van der Waals surface area contributed by atoms with E-state index >= 15 is 0 Å². The first-order valence-corrected chi connectivity index (χ1v) is 14.0. The Balaban J connectivity index is 1.53. The molecule has 0 spiro atoms. The smallest absolute Gasteiger partial charge is 0.393 e. The number of carbonyl (C=O) groups is 1. The quantitative estimate of drug-likeness (QED) is 0.205. The molecule has 3 aromatic rings. The van der Waals surface area contributed by atoms with Crippen LogP contribution >= 0.6 is 0 Å². The maximum Gasteiger partial charge on any atom is 0.416 e. The minimum absolute atomic E-state index is 0.00500. The maximum atomic E-state index is 13.4. The first kappa shape index (κ1) is 28.4. The van der Waals surface area contributed by atoms with Crippen molar-refractivity contribution in [3.63, 3.8) is 0 Å².